The molecule has 0 unspecified atom stereocenters. The van der Waals surface area contributed by atoms with Gasteiger partial charge in [-0.2, -0.15) is 5.26 Å². The number of aryl methyl sites for hydroxylation is 2. The molecule has 0 aromatic carbocycles. The van der Waals surface area contributed by atoms with E-state index in [0.717, 1.165) is 43.0 Å². The number of hydrogen-bond acceptors (Lipinski definition) is 7. The molecule has 1 fully saturated rings. The van der Waals surface area contributed by atoms with E-state index in [1.54, 1.807) is 23.6 Å². The minimum Gasteiger partial charge on any atom is -0.357 e. The van der Waals surface area contributed by atoms with E-state index in [2.05, 4.69) is 46.2 Å². The average Bonchev–Trinajstić information content (AvgIpc) is 3.33. The van der Waals surface area contributed by atoms with Crippen LogP contribution in [-0.2, 0) is 4.79 Å². The largest absolute Gasteiger partial charge is 0.357 e. The summed E-state index contributed by atoms with van der Waals surface area (Å²) in [5.41, 5.74) is 2.62. The number of anilines is 2. The van der Waals surface area contributed by atoms with Gasteiger partial charge in [-0.3, -0.25) is 4.79 Å². The second-order valence-corrected chi connectivity index (χ2v) is 9.45. The highest BCUT2D eigenvalue weighted by molar-refractivity contribution is 7.14. The van der Waals surface area contributed by atoms with Crippen molar-refractivity contribution in [2.45, 2.75) is 26.7 Å². The van der Waals surface area contributed by atoms with Crippen LogP contribution in [0.25, 0.3) is 11.3 Å². The molecule has 29 heavy (non-hydrogen) atoms. The fourth-order valence-corrected chi connectivity index (χ4v) is 5.20. The van der Waals surface area contributed by atoms with Crippen molar-refractivity contribution in [2.24, 2.45) is 5.92 Å². The van der Waals surface area contributed by atoms with Crippen molar-refractivity contribution >= 4 is 39.5 Å². The van der Waals surface area contributed by atoms with Gasteiger partial charge in [-0.25, -0.2) is 9.97 Å². The molecule has 1 N–H and O–H groups in total. The molecule has 0 bridgehead atoms. The summed E-state index contributed by atoms with van der Waals surface area (Å²) >= 11 is 3.23. The first-order valence-corrected chi connectivity index (χ1v) is 11.2. The third-order valence-corrected chi connectivity index (χ3v) is 6.84. The molecule has 0 atom stereocenters. The molecule has 3 aromatic rings. The molecule has 6 nitrogen and oxygen atoms in total. The van der Waals surface area contributed by atoms with Gasteiger partial charge >= 0.3 is 0 Å². The maximum absolute atomic E-state index is 12.7. The second-order valence-electron chi connectivity index (χ2n) is 7.13. The predicted molar refractivity (Wildman–Crippen MR) is 117 cm³/mol. The molecule has 0 radical (unpaired) electrons. The number of pyridine rings is 1. The van der Waals surface area contributed by atoms with Gasteiger partial charge in [-0.15, -0.1) is 22.7 Å². The summed E-state index contributed by atoms with van der Waals surface area (Å²) in [7, 11) is 0. The number of piperidine rings is 1. The second kappa shape index (κ2) is 8.31. The Morgan fingerprint density at radius 1 is 1.31 bits per heavy atom. The van der Waals surface area contributed by atoms with E-state index >= 15 is 0 Å². The zero-order valence-electron chi connectivity index (χ0n) is 16.3. The highest BCUT2D eigenvalue weighted by atomic mass is 32.1. The van der Waals surface area contributed by atoms with E-state index in [1.165, 1.54) is 21.1 Å². The molecular weight excluding hydrogens is 402 g/mol. The number of aromatic nitrogens is 2. The Balaban J connectivity index is 1.34. The van der Waals surface area contributed by atoms with Crippen LogP contribution in [0.4, 0.5) is 10.9 Å². The average molecular weight is 424 g/mol. The van der Waals surface area contributed by atoms with Gasteiger partial charge in [0.25, 0.3) is 0 Å². The number of carbonyl (C=O) groups excluding carboxylic acids is 1. The van der Waals surface area contributed by atoms with Crippen LogP contribution in [0.1, 0.15) is 28.2 Å². The molecule has 4 rings (SSSR count). The Hall–Kier alpha value is -2.76. The van der Waals surface area contributed by atoms with Gasteiger partial charge in [-0.05, 0) is 44.9 Å². The third-order valence-electron chi connectivity index (χ3n) is 5.12. The van der Waals surface area contributed by atoms with Gasteiger partial charge < -0.3 is 10.2 Å². The van der Waals surface area contributed by atoms with E-state index in [0.29, 0.717) is 10.7 Å². The maximum Gasteiger partial charge on any atom is 0.229 e. The zero-order valence-corrected chi connectivity index (χ0v) is 17.9. The highest BCUT2D eigenvalue weighted by Gasteiger charge is 2.26. The Morgan fingerprint density at radius 3 is 2.72 bits per heavy atom. The van der Waals surface area contributed by atoms with Crippen molar-refractivity contribution in [3.8, 4) is 17.3 Å². The summed E-state index contributed by atoms with van der Waals surface area (Å²) in [4.78, 5) is 26.3. The van der Waals surface area contributed by atoms with E-state index in [9.17, 15) is 4.79 Å². The van der Waals surface area contributed by atoms with E-state index in [-0.39, 0.29) is 11.8 Å². The van der Waals surface area contributed by atoms with Crippen LogP contribution in [0.15, 0.2) is 29.8 Å². The molecule has 1 aliphatic heterocycles. The predicted octanol–water partition coefficient (Wildman–Crippen LogP) is 4.61. The number of nitriles is 1. The monoisotopic (exact) mass is 423 g/mol. The van der Waals surface area contributed by atoms with Crippen LogP contribution in [-0.4, -0.2) is 29.0 Å². The summed E-state index contributed by atoms with van der Waals surface area (Å²) in [6, 6.07) is 7.87. The lowest BCUT2D eigenvalue weighted by molar-refractivity contribution is -0.120. The van der Waals surface area contributed by atoms with Crippen molar-refractivity contribution in [1.29, 1.82) is 5.26 Å². The zero-order chi connectivity index (χ0) is 20.4. The summed E-state index contributed by atoms with van der Waals surface area (Å²) in [5, 5.41) is 14.5. The normalized spacial score (nSPS) is 14.6. The summed E-state index contributed by atoms with van der Waals surface area (Å²) in [6.07, 6.45) is 3.13. The number of thiophene rings is 1. The van der Waals surface area contributed by atoms with Crippen molar-refractivity contribution in [1.82, 2.24) is 9.97 Å². The first kappa shape index (κ1) is 19.6. The lowest BCUT2D eigenvalue weighted by Crippen LogP contribution is -2.38. The van der Waals surface area contributed by atoms with Crippen molar-refractivity contribution in [2.75, 3.05) is 23.3 Å². The quantitative estimate of drug-likeness (QED) is 0.663. The highest BCUT2D eigenvalue weighted by Crippen LogP contribution is 2.33. The Kier molecular flexibility index (Phi) is 5.60. The number of amides is 1. The van der Waals surface area contributed by atoms with E-state index in [4.69, 9.17) is 5.26 Å². The van der Waals surface area contributed by atoms with E-state index in [1.807, 2.05) is 11.4 Å². The molecule has 0 saturated carbocycles. The number of rotatable bonds is 4. The minimum absolute atomic E-state index is 0.0258. The number of nitrogens with one attached hydrogen (secondary N) is 1. The van der Waals surface area contributed by atoms with Gasteiger partial charge in [0, 0.05) is 45.9 Å². The molecule has 8 heteroatoms. The molecule has 148 valence electrons. The standard InChI is InChI=1S/C21H21N5OS2/c1-13-9-17(14(2)29-13)18-12-28-21(24-18)25-20(27)16-5-7-26(8-6-16)19-4-3-15(10-22)11-23-19/h3-4,9,11-12,16H,5-8H2,1-2H3,(H,24,25,27). The smallest absolute Gasteiger partial charge is 0.229 e. The third kappa shape index (κ3) is 4.31. The number of nitrogens with zero attached hydrogens (tertiary/aromatic N) is 4. The molecule has 1 amide bonds. The molecule has 0 aliphatic carbocycles. The number of hydrogen-bond donors (Lipinski definition) is 1. The SMILES string of the molecule is Cc1cc(-c2csc(NC(=O)C3CCN(c4ccc(C#N)cn4)CC3)n2)c(C)s1. The molecule has 4 heterocycles. The van der Waals surface area contributed by atoms with Crippen molar-refractivity contribution < 1.29 is 4.79 Å². The molecule has 1 aliphatic rings. The lowest BCUT2D eigenvalue weighted by atomic mass is 9.96. The fraction of sp³-hybridized carbons (Fsp3) is 0.333. The number of thiazole rings is 1. The molecule has 1 saturated heterocycles. The Morgan fingerprint density at radius 2 is 2.10 bits per heavy atom. The van der Waals surface area contributed by atoms with Crippen LogP contribution in [0.5, 0.6) is 0 Å². The number of carbonyl (C=O) groups is 1. The van der Waals surface area contributed by atoms with Gasteiger partial charge in [0.2, 0.25) is 5.91 Å². The molecule has 3 aromatic heterocycles. The van der Waals surface area contributed by atoms with E-state index < -0.39 is 0 Å². The molecule has 0 spiro atoms. The van der Waals surface area contributed by atoms with Gasteiger partial charge in [0.05, 0.1) is 11.3 Å². The van der Waals surface area contributed by atoms with Crippen LogP contribution in [0, 0.1) is 31.1 Å². The van der Waals surface area contributed by atoms with Crippen molar-refractivity contribution in [3.05, 3.63) is 45.1 Å². The first-order valence-electron chi connectivity index (χ1n) is 9.48. The molecular formula is C21H21N5OS2. The maximum atomic E-state index is 12.7. The fourth-order valence-electron chi connectivity index (χ4n) is 3.56. The first-order chi connectivity index (χ1) is 14.0. The summed E-state index contributed by atoms with van der Waals surface area (Å²) < 4.78 is 0. The Labute approximate surface area is 177 Å². The Bertz CT molecular complexity index is 1060. The lowest BCUT2D eigenvalue weighted by Gasteiger charge is -2.31. The topological polar surface area (TPSA) is 81.9 Å². The van der Waals surface area contributed by atoms with Crippen LogP contribution in [0.2, 0.25) is 0 Å². The van der Waals surface area contributed by atoms with Gasteiger partial charge in [-0.1, -0.05) is 0 Å². The van der Waals surface area contributed by atoms with Crippen LogP contribution in [0.3, 0.4) is 0 Å². The van der Waals surface area contributed by atoms with Gasteiger partial charge in [0.15, 0.2) is 5.13 Å². The van der Waals surface area contributed by atoms with Crippen molar-refractivity contribution in [3.63, 3.8) is 0 Å². The van der Waals surface area contributed by atoms with Gasteiger partial charge in [0.1, 0.15) is 11.9 Å². The summed E-state index contributed by atoms with van der Waals surface area (Å²) in [5.74, 6) is 0.868. The van der Waals surface area contributed by atoms with Crippen LogP contribution >= 0.6 is 22.7 Å². The summed E-state index contributed by atoms with van der Waals surface area (Å²) in [6.45, 7) is 5.73. The minimum atomic E-state index is -0.0258. The van der Waals surface area contributed by atoms with Crippen LogP contribution < -0.4 is 10.2 Å².